The van der Waals surface area contributed by atoms with Gasteiger partial charge in [0, 0.05) is 0 Å². The molecule has 0 fully saturated rings. The molecule has 23 heavy (non-hydrogen) atoms. The number of carbonyl (C=O) groups excluding carboxylic acids is 2. The maximum atomic E-state index is 12.3. The molecule has 0 radical (unpaired) electrons. The Hall–Kier alpha value is -2.33. The Labute approximate surface area is 140 Å². The molecule has 2 rings (SSSR count). The van der Waals surface area contributed by atoms with Crippen LogP contribution in [0.15, 0.2) is 48.5 Å². The molecule has 0 spiro atoms. The molecule has 0 aromatic heterocycles. The molecule has 2 aromatic rings. The normalized spacial score (nSPS) is 10.2. The molecule has 0 amide bonds. The predicted molar refractivity (Wildman–Crippen MR) is 88.0 cm³/mol. The minimum absolute atomic E-state index is 0.147. The number of ether oxygens (including phenoxy) is 2. The van der Waals surface area contributed by atoms with Gasteiger partial charge in [0.25, 0.3) is 0 Å². The van der Waals surface area contributed by atoms with Crippen molar-refractivity contribution >= 4 is 23.5 Å². The van der Waals surface area contributed by atoms with Gasteiger partial charge in [-0.1, -0.05) is 49.2 Å². The lowest BCUT2D eigenvalue weighted by molar-refractivity contribution is 0.0491. The molecule has 0 saturated heterocycles. The smallest absolute Gasteiger partial charge is 0.344 e. The molecule has 0 saturated carbocycles. The summed E-state index contributed by atoms with van der Waals surface area (Å²) < 4.78 is 10.4. The second kappa shape index (κ2) is 8.34. The second-order valence-electron chi connectivity index (χ2n) is 4.85. The molecule has 5 heteroatoms. The summed E-state index contributed by atoms with van der Waals surface area (Å²) in [7, 11) is 0. The number of unbranched alkanes of at least 4 members (excludes halogenated alkanes) is 1. The number of para-hydroxylation sites is 1. The Morgan fingerprint density at radius 3 is 2.22 bits per heavy atom. The zero-order chi connectivity index (χ0) is 16.7. The van der Waals surface area contributed by atoms with Crippen molar-refractivity contribution in [1.82, 2.24) is 0 Å². The number of hydrogen-bond acceptors (Lipinski definition) is 4. The molecular weight excluding hydrogens is 316 g/mol. The largest absolute Gasteiger partial charge is 0.462 e. The summed E-state index contributed by atoms with van der Waals surface area (Å²) in [5.41, 5.74) is 0.328. The third kappa shape index (κ3) is 4.57. The van der Waals surface area contributed by atoms with Gasteiger partial charge in [-0.05, 0) is 30.7 Å². The molecule has 4 nitrogen and oxygen atoms in total. The Morgan fingerprint density at radius 1 is 0.957 bits per heavy atom. The summed E-state index contributed by atoms with van der Waals surface area (Å²) in [5.74, 6) is -0.945. The number of benzene rings is 2. The van der Waals surface area contributed by atoms with Gasteiger partial charge in [-0.15, -0.1) is 0 Å². The van der Waals surface area contributed by atoms with E-state index in [2.05, 4.69) is 0 Å². The fourth-order valence-corrected chi connectivity index (χ4v) is 2.08. The van der Waals surface area contributed by atoms with E-state index < -0.39 is 11.9 Å². The zero-order valence-corrected chi connectivity index (χ0v) is 13.5. The maximum absolute atomic E-state index is 12.3. The van der Waals surface area contributed by atoms with E-state index in [9.17, 15) is 9.59 Å². The Morgan fingerprint density at radius 2 is 1.57 bits per heavy atom. The fourth-order valence-electron chi connectivity index (χ4n) is 1.91. The van der Waals surface area contributed by atoms with Gasteiger partial charge < -0.3 is 9.47 Å². The van der Waals surface area contributed by atoms with E-state index in [-0.39, 0.29) is 16.9 Å². The van der Waals surface area contributed by atoms with E-state index in [1.165, 1.54) is 12.1 Å². The highest BCUT2D eigenvalue weighted by Crippen LogP contribution is 2.24. The monoisotopic (exact) mass is 332 g/mol. The van der Waals surface area contributed by atoms with Gasteiger partial charge in [-0.2, -0.15) is 0 Å². The molecule has 0 unspecified atom stereocenters. The molecule has 0 aliphatic carbocycles. The van der Waals surface area contributed by atoms with Gasteiger partial charge in [0.05, 0.1) is 22.8 Å². The molecule has 0 aliphatic heterocycles. The van der Waals surface area contributed by atoms with Crippen LogP contribution in [0.4, 0.5) is 0 Å². The van der Waals surface area contributed by atoms with Crippen LogP contribution in [0.5, 0.6) is 5.75 Å². The van der Waals surface area contributed by atoms with Crippen molar-refractivity contribution in [3.8, 4) is 5.75 Å². The number of halogens is 1. The van der Waals surface area contributed by atoms with Crippen LogP contribution in [-0.2, 0) is 4.74 Å². The van der Waals surface area contributed by atoms with E-state index in [1.54, 1.807) is 36.4 Å². The van der Waals surface area contributed by atoms with Crippen molar-refractivity contribution in [2.45, 2.75) is 19.8 Å². The molecule has 0 N–H and O–H groups in total. The molecule has 0 aliphatic rings. The third-order valence-electron chi connectivity index (χ3n) is 3.14. The maximum Gasteiger partial charge on any atom is 0.344 e. The van der Waals surface area contributed by atoms with Gasteiger partial charge in [-0.25, -0.2) is 9.59 Å². The van der Waals surface area contributed by atoms with E-state index >= 15 is 0 Å². The van der Waals surface area contributed by atoms with E-state index in [0.717, 1.165) is 12.8 Å². The molecule has 0 atom stereocenters. The van der Waals surface area contributed by atoms with Crippen LogP contribution >= 0.6 is 11.6 Å². The minimum atomic E-state index is -0.652. The van der Waals surface area contributed by atoms with Gasteiger partial charge in [0.2, 0.25) is 0 Å². The topological polar surface area (TPSA) is 52.6 Å². The van der Waals surface area contributed by atoms with Crippen LogP contribution in [0, 0.1) is 0 Å². The van der Waals surface area contributed by atoms with Crippen LogP contribution in [-0.4, -0.2) is 18.5 Å². The minimum Gasteiger partial charge on any atom is -0.462 e. The fraction of sp³-hybridized carbons (Fsp3) is 0.222. The van der Waals surface area contributed by atoms with Crippen molar-refractivity contribution in [1.29, 1.82) is 0 Å². The van der Waals surface area contributed by atoms with E-state index in [4.69, 9.17) is 21.1 Å². The van der Waals surface area contributed by atoms with Crippen LogP contribution in [0.3, 0.4) is 0 Å². The van der Waals surface area contributed by atoms with E-state index in [0.29, 0.717) is 11.6 Å². The highest BCUT2D eigenvalue weighted by Gasteiger charge is 2.20. The first-order valence-corrected chi connectivity index (χ1v) is 7.74. The quantitative estimate of drug-likeness (QED) is 0.443. The predicted octanol–water partition coefficient (Wildman–Crippen LogP) is 4.52. The van der Waals surface area contributed by atoms with E-state index in [1.807, 2.05) is 6.92 Å². The van der Waals surface area contributed by atoms with Crippen LogP contribution < -0.4 is 4.74 Å². The van der Waals surface area contributed by atoms with Gasteiger partial charge in [0.1, 0.15) is 5.75 Å². The summed E-state index contributed by atoms with van der Waals surface area (Å²) in [6.45, 7) is 2.33. The number of esters is 2. The van der Waals surface area contributed by atoms with Crippen molar-refractivity contribution in [3.63, 3.8) is 0 Å². The summed E-state index contributed by atoms with van der Waals surface area (Å²) in [6.07, 6.45) is 1.70. The number of rotatable bonds is 6. The van der Waals surface area contributed by atoms with Crippen molar-refractivity contribution < 1.29 is 19.1 Å². The lowest BCUT2D eigenvalue weighted by Gasteiger charge is -2.10. The average Bonchev–Trinajstić information content (AvgIpc) is 2.57. The third-order valence-corrected chi connectivity index (χ3v) is 3.45. The molecule has 2 aromatic carbocycles. The average molecular weight is 333 g/mol. The zero-order valence-electron chi connectivity index (χ0n) is 12.8. The van der Waals surface area contributed by atoms with Crippen LogP contribution in [0.1, 0.15) is 40.5 Å². The second-order valence-corrected chi connectivity index (χ2v) is 5.26. The van der Waals surface area contributed by atoms with Gasteiger partial charge >= 0.3 is 11.9 Å². The number of carbonyl (C=O) groups is 2. The van der Waals surface area contributed by atoms with Crippen molar-refractivity contribution in [2.75, 3.05) is 6.61 Å². The van der Waals surface area contributed by atoms with Gasteiger partial charge in [-0.3, -0.25) is 0 Å². The Kier molecular flexibility index (Phi) is 6.18. The first-order chi connectivity index (χ1) is 11.1. The lowest BCUT2D eigenvalue weighted by atomic mass is 10.1. The molecule has 0 bridgehead atoms. The lowest BCUT2D eigenvalue weighted by Crippen LogP contribution is -2.16. The van der Waals surface area contributed by atoms with Crippen molar-refractivity contribution in [2.24, 2.45) is 0 Å². The highest BCUT2D eigenvalue weighted by atomic mass is 35.5. The van der Waals surface area contributed by atoms with Gasteiger partial charge in [0.15, 0.2) is 0 Å². The first kappa shape index (κ1) is 17.0. The summed E-state index contributed by atoms with van der Waals surface area (Å²) >= 11 is 5.97. The number of hydrogen-bond donors (Lipinski definition) is 0. The van der Waals surface area contributed by atoms with Crippen LogP contribution in [0.2, 0.25) is 5.02 Å². The van der Waals surface area contributed by atoms with Crippen LogP contribution in [0.25, 0.3) is 0 Å². The van der Waals surface area contributed by atoms with Crippen molar-refractivity contribution in [3.05, 3.63) is 64.7 Å². The summed E-state index contributed by atoms with van der Waals surface area (Å²) in [4.78, 5) is 24.4. The highest BCUT2D eigenvalue weighted by molar-refractivity contribution is 6.32. The molecule has 0 heterocycles. The molecular formula is C18H17ClO4. The Bertz CT molecular complexity index is 697. The summed E-state index contributed by atoms with van der Waals surface area (Å²) in [6, 6.07) is 13.0. The summed E-state index contributed by atoms with van der Waals surface area (Å²) in [5, 5.41) is 0.323. The Balaban J connectivity index is 2.17. The SMILES string of the molecule is CCCCOC(=O)c1ccccc1C(=O)Oc1ccccc1Cl. The first-order valence-electron chi connectivity index (χ1n) is 7.36. The standard InChI is InChI=1S/C18H17ClO4/c1-2-3-12-22-17(20)13-8-4-5-9-14(13)18(21)23-16-11-7-6-10-15(16)19/h4-11H,2-3,12H2,1H3. The molecule has 120 valence electrons.